The number of carbonyl (C=O) groups is 3. The van der Waals surface area contributed by atoms with Crippen LogP contribution < -0.4 is 10.6 Å². The van der Waals surface area contributed by atoms with Crippen molar-refractivity contribution in [1.82, 2.24) is 10.6 Å². The van der Waals surface area contributed by atoms with Gasteiger partial charge in [-0.25, -0.2) is 9.59 Å². The predicted molar refractivity (Wildman–Crippen MR) is 117 cm³/mol. The Balaban J connectivity index is 1.62. The fourth-order valence-electron chi connectivity index (χ4n) is 4.01. The molecule has 0 heterocycles. The van der Waals surface area contributed by atoms with E-state index in [0.717, 1.165) is 22.3 Å². The van der Waals surface area contributed by atoms with Crippen LogP contribution >= 0.6 is 0 Å². The molecule has 1 unspecified atom stereocenters. The molecule has 1 aliphatic rings. The molecule has 0 aromatic heterocycles. The van der Waals surface area contributed by atoms with E-state index in [-0.39, 0.29) is 25.4 Å². The normalized spacial score (nSPS) is 13.6. The van der Waals surface area contributed by atoms with Gasteiger partial charge in [-0.1, -0.05) is 62.4 Å². The molecule has 2 amide bonds. The van der Waals surface area contributed by atoms with Crippen LogP contribution in [0.3, 0.4) is 0 Å². The minimum Gasteiger partial charge on any atom is -0.480 e. The Hall–Kier alpha value is -3.35. The standard InChI is InChI=1S/C24H28N2O5/c1-4-24(5-2,22(28)29)26-21(27)15(3)25-23(30)31-14-20-18-12-8-6-10-16(18)17-11-7-9-13-19(17)20/h6-13,15,20H,4-5,14H2,1-3H3,(H,25,30)(H,26,27)(H,28,29). The van der Waals surface area contributed by atoms with E-state index in [9.17, 15) is 19.5 Å². The number of hydrogen-bond donors (Lipinski definition) is 3. The second kappa shape index (κ2) is 9.20. The Bertz CT molecular complexity index is 938. The highest BCUT2D eigenvalue weighted by atomic mass is 16.5. The van der Waals surface area contributed by atoms with Crippen LogP contribution in [0.1, 0.15) is 50.7 Å². The van der Waals surface area contributed by atoms with E-state index in [1.807, 2.05) is 36.4 Å². The molecule has 3 rings (SSSR count). The summed E-state index contributed by atoms with van der Waals surface area (Å²) in [5.41, 5.74) is 3.10. The van der Waals surface area contributed by atoms with E-state index < -0.39 is 29.6 Å². The van der Waals surface area contributed by atoms with Gasteiger partial charge < -0.3 is 20.5 Å². The van der Waals surface area contributed by atoms with Crippen molar-refractivity contribution in [2.75, 3.05) is 6.61 Å². The van der Waals surface area contributed by atoms with E-state index >= 15 is 0 Å². The molecule has 1 atom stereocenters. The summed E-state index contributed by atoms with van der Waals surface area (Å²) in [5.74, 6) is -1.75. The van der Waals surface area contributed by atoms with E-state index in [0.29, 0.717) is 0 Å². The first-order valence-corrected chi connectivity index (χ1v) is 10.5. The highest BCUT2D eigenvalue weighted by Crippen LogP contribution is 2.44. The number of alkyl carbamates (subject to hydrolysis) is 1. The Kier molecular flexibility index (Phi) is 6.63. The third kappa shape index (κ3) is 4.40. The molecule has 7 heteroatoms. The summed E-state index contributed by atoms with van der Waals surface area (Å²) in [6, 6.07) is 15.1. The predicted octanol–water partition coefficient (Wildman–Crippen LogP) is 3.67. The van der Waals surface area contributed by atoms with Crippen molar-refractivity contribution >= 4 is 18.0 Å². The maximum Gasteiger partial charge on any atom is 0.407 e. The topological polar surface area (TPSA) is 105 Å². The van der Waals surface area contributed by atoms with Gasteiger partial charge in [0.25, 0.3) is 0 Å². The quantitative estimate of drug-likeness (QED) is 0.600. The lowest BCUT2D eigenvalue weighted by Crippen LogP contribution is -2.58. The number of ether oxygens (including phenoxy) is 1. The van der Waals surface area contributed by atoms with Crippen molar-refractivity contribution in [2.24, 2.45) is 0 Å². The molecule has 31 heavy (non-hydrogen) atoms. The third-order valence-corrected chi connectivity index (χ3v) is 6.05. The number of nitrogens with one attached hydrogen (secondary N) is 2. The zero-order chi connectivity index (χ0) is 22.6. The number of benzene rings is 2. The van der Waals surface area contributed by atoms with Gasteiger partial charge in [-0.05, 0) is 42.0 Å². The monoisotopic (exact) mass is 424 g/mol. The number of amides is 2. The van der Waals surface area contributed by atoms with Gasteiger partial charge in [-0.3, -0.25) is 4.79 Å². The summed E-state index contributed by atoms with van der Waals surface area (Å²) >= 11 is 0. The molecule has 0 spiro atoms. The molecule has 3 N–H and O–H groups in total. The first kappa shape index (κ1) is 22.3. The van der Waals surface area contributed by atoms with E-state index in [4.69, 9.17) is 4.74 Å². The third-order valence-electron chi connectivity index (χ3n) is 6.05. The highest BCUT2D eigenvalue weighted by molar-refractivity contribution is 5.91. The number of carboxylic acid groups (broad SMARTS) is 1. The van der Waals surface area contributed by atoms with Crippen LogP contribution in [-0.2, 0) is 14.3 Å². The van der Waals surface area contributed by atoms with Crippen LogP contribution in [0, 0.1) is 0 Å². The van der Waals surface area contributed by atoms with Crippen molar-refractivity contribution < 1.29 is 24.2 Å². The summed E-state index contributed by atoms with van der Waals surface area (Å²) in [6.07, 6.45) is -0.247. The molecule has 0 saturated carbocycles. The van der Waals surface area contributed by atoms with Crippen molar-refractivity contribution in [3.8, 4) is 11.1 Å². The minimum absolute atomic E-state index is 0.0814. The lowest BCUT2D eigenvalue weighted by molar-refractivity contribution is -0.148. The van der Waals surface area contributed by atoms with Crippen molar-refractivity contribution in [1.29, 1.82) is 0 Å². The molecule has 0 fully saturated rings. The molecule has 7 nitrogen and oxygen atoms in total. The second-order valence-corrected chi connectivity index (χ2v) is 7.78. The highest BCUT2D eigenvalue weighted by Gasteiger charge is 2.37. The summed E-state index contributed by atoms with van der Waals surface area (Å²) in [7, 11) is 0. The fraction of sp³-hybridized carbons (Fsp3) is 0.375. The first-order chi connectivity index (χ1) is 14.8. The maximum atomic E-state index is 12.5. The van der Waals surface area contributed by atoms with Crippen LogP contribution in [-0.4, -0.2) is 41.3 Å². The lowest BCUT2D eigenvalue weighted by atomic mass is 9.92. The van der Waals surface area contributed by atoms with Gasteiger partial charge in [0, 0.05) is 5.92 Å². The molecule has 164 valence electrons. The molecular weight excluding hydrogens is 396 g/mol. The zero-order valence-electron chi connectivity index (χ0n) is 18.0. The van der Waals surface area contributed by atoms with Crippen LogP contribution in [0.2, 0.25) is 0 Å². The maximum absolute atomic E-state index is 12.5. The summed E-state index contributed by atoms with van der Waals surface area (Å²) in [4.78, 5) is 36.4. The number of carbonyl (C=O) groups excluding carboxylic acids is 2. The van der Waals surface area contributed by atoms with E-state index in [1.54, 1.807) is 13.8 Å². The van der Waals surface area contributed by atoms with Gasteiger partial charge in [0.05, 0.1) is 0 Å². The summed E-state index contributed by atoms with van der Waals surface area (Å²) < 4.78 is 5.44. The van der Waals surface area contributed by atoms with Gasteiger partial charge in [0.1, 0.15) is 18.2 Å². The van der Waals surface area contributed by atoms with E-state index in [1.165, 1.54) is 6.92 Å². The van der Waals surface area contributed by atoms with Crippen molar-refractivity contribution in [2.45, 2.75) is 51.1 Å². The molecule has 0 aliphatic heterocycles. The zero-order valence-corrected chi connectivity index (χ0v) is 18.0. The number of carboxylic acids is 1. The van der Waals surface area contributed by atoms with Gasteiger partial charge in [-0.2, -0.15) is 0 Å². The number of hydrogen-bond acceptors (Lipinski definition) is 4. The van der Waals surface area contributed by atoms with Crippen LogP contribution in [0.15, 0.2) is 48.5 Å². The minimum atomic E-state index is -1.35. The van der Waals surface area contributed by atoms with E-state index in [2.05, 4.69) is 22.8 Å². The Morgan fingerprint density at radius 2 is 1.52 bits per heavy atom. The Morgan fingerprint density at radius 1 is 1.00 bits per heavy atom. The average molecular weight is 424 g/mol. The number of rotatable bonds is 8. The lowest BCUT2D eigenvalue weighted by Gasteiger charge is -2.29. The average Bonchev–Trinajstić information content (AvgIpc) is 3.09. The number of aliphatic carboxylic acids is 1. The number of fused-ring (bicyclic) bond motifs is 3. The van der Waals surface area contributed by atoms with Gasteiger partial charge in [0.2, 0.25) is 5.91 Å². The smallest absolute Gasteiger partial charge is 0.407 e. The van der Waals surface area contributed by atoms with Crippen molar-refractivity contribution in [3.63, 3.8) is 0 Å². The molecule has 2 aromatic rings. The molecule has 1 aliphatic carbocycles. The molecule has 2 aromatic carbocycles. The largest absolute Gasteiger partial charge is 0.480 e. The second-order valence-electron chi connectivity index (χ2n) is 7.78. The van der Waals surface area contributed by atoms with Gasteiger partial charge >= 0.3 is 12.1 Å². The van der Waals surface area contributed by atoms with Crippen LogP contribution in [0.25, 0.3) is 11.1 Å². The Morgan fingerprint density at radius 3 is 2.00 bits per heavy atom. The van der Waals surface area contributed by atoms with Crippen LogP contribution in [0.5, 0.6) is 0 Å². The van der Waals surface area contributed by atoms with Gasteiger partial charge in [0.15, 0.2) is 0 Å². The molecule has 0 saturated heterocycles. The van der Waals surface area contributed by atoms with Gasteiger partial charge in [-0.15, -0.1) is 0 Å². The Labute approximate surface area is 181 Å². The fourth-order valence-corrected chi connectivity index (χ4v) is 4.01. The van der Waals surface area contributed by atoms with Crippen LogP contribution in [0.4, 0.5) is 4.79 Å². The summed E-state index contributed by atoms with van der Waals surface area (Å²) in [6.45, 7) is 5.02. The first-order valence-electron chi connectivity index (χ1n) is 10.5. The molecule has 0 bridgehead atoms. The molecule has 0 radical (unpaired) electrons. The van der Waals surface area contributed by atoms with Crippen molar-refractivity contribution in [3.05, 3.63) is 59.7 Å². The molecular formula is C24H28N2O5. The summed E-state index contributed by atoms with van der Waals surface area (Å²) in [5, 5.41) is 14.5. The SMILES string of the molecule is CCC(CC)(NC(=O)C(C)NC(=O)OCC1c2ccccc2-c2ccccc21)C(=O)O.